The Kier molecular flexibility index (Phi) is 14.8. The average Bonchev–Trinajstić information content (AvgIpc) is 2.42. The van der Waals surface area contributed by atoms with Crippen LogP contribution in [0, 0.1) is 5.92 Å². The fraction of sp³-hybridized carbons (Fsp3) is 0.833. The number of carbonyl (C=O) groups excluding carboxylic acids is 1. The minimum atomic E-state index is -0.0135. The Bertz CT molecular complexity index is 283. The lowest BCUT2D eigenvalue weighted by molar-refractivity contribution is -0.144. The Morgan fingerprint density at radius 3 is 2.43 bits per heavy atom. The van der Waals surface area contributed by atoms with Gasteiger partial charge in [0.15, 0.2) is 0 Å². The van der Waals surface area contributed by atoms with Gasteiger partial charge in [-0.2, -0.15) is 0 Å². The Hall–Kier alpha value is -0.0600. The molecular formula is C18H33IO2. The first-order chi connectivity index (χ1) is 10.1. The molecule has 0 radical (unpaired) electrons. The van der Waals surface area contributed by atoms with E-state index in [1.54, 1.807) is 0 Å². The first-order valence-corrected chi connectivity index (χ1v) is 9.93. The predicted molar refractivity (Wildman–Crippen MR) is 100.0 cm³/mol. The third kappa shape index (κ3) is 16.1. The highest BCUT2D eigenvalue weighted by Crippen LogP contribution is 2.12. The highest BCUT2D eigenvalue weighted by Gasteiger charge is 2.05. The van der Waals surface area contributed by atoms with Crippen LogP contribution in [0.1, 0.15) is 78.6 Å². The van der Waals surface area contributed by atoms with Crippen LogP contribution in [-0.4, -0.2) is 17.0 Å². The van der Waals surface area contributed by atoms with Gasteiger partial charge >= 0.3 is 5.97 Å². The van der Waals surface area contributed by atoms with Gasteiger partial charge in [0.1, 0.15) is 0 Å². The van der Waals surface area contributed by atoms with Crippen LogP contribution in [-0.2, 0) is 9.53 Å². The molecule has 0 aliphatic heterocycles. The van der Waals surface area contributed by atoms with Crippen molar-refractivity contribution in [2.45, 2.75) is 78.6 Å². The molecule has 124 valence electrons. The van der Waals surface area contributed by atoms with Gasteiger partial charge in [-0.15, -0.1) is 0 Å². The smallest absolute Gasteiger partial charge is 0.305 e. The van der Waals surface area contributed by atoms with Gasteiger partial charge < -0.3 is 4.74 Å². The summed E-state index contributed by atoms with van der Waals surface area (Å²) in [5.41, 5.74) is 1.38. The molecule has 0 bridgehead atoms. The van der Waals surface area contributed by atoms with Gasteiger partial charge in [0.25, 0.3) is 0 Å². The fourth-order valence-corrected chi connectivity index (χ4v) is 2.68. The number of esters is 1. The van der Waals surface area contributed by atoms with Crippen LogP contribution in [0.5, 0.6) is 0 Å². The van der Waals surface area contributed by atoms with E-state index in [2.05, 4.69) is 49.4 Å². The number of hydrogen-bond acceptors (Lipinski definition) is 2. The summed E-state index contributed by atoms with van der Waals surface area (Å²) in [7, 11) is 0. The molecule has 0 aromatic rings. The molecule has 2 nitrogen and oxygen atoms in total. The lowest BCUT2D eigenvalue weighted by atomic mass is 10.0. The monoisotopic (exact) mass is 408 g/mol. The van der Waals surface area contributed by atoms with Gasteiger partial charge in [0, 0.05) is 6.42 Å². The molecule has 0 spiro atoms. The molecule has 0 heterocycles. The molecule has 3 heteroatoms. The molecule has 1 atom stereocenters. The van der Waals surface area contributed by atoms with Crippen LogP contribution < -0.4 is 0 Å². The Balaban J connectivity index is 3.42. The van der Waals surface area contributed by atoms with E-state index in [1.165, 1.54) is 35.7 Å². The van der Waals surface area contributed by atoms with E-state index in [1.807, 2.05) is 0 Å². The molecule has 0 saturated heterocycles. The molecule has 0 aliphatic rings. The van der Waals surface area contributed by atoms with Crippen LogP contribution in [0.15, 0.2) is 11.6 Å². The van der Waals surface area contributed by atoms with Crippen LogP contribution in [0.2, 0.25) is 0 Å². The number of ether oxygens (including phenoxy) is 1. The van der Waals surface area contributed by atoms with Crippen molar-refractivity contribution in [3.8, 4) is 0 Å². The molecule has 0 aromatic carbocycles. The SMILES string of the molecule is CC(C)=CCCC(C)CCOC(=O)CCCCCCCI. The van der Waals surface area contributed by atoms with Gasteiger partial charge in [-0.05, 0) is 56.3 Å². The summed E-state index contributed by atoms with van der Waals surface area (Å²) >= 11 is 2.41. The fourth-order valence-electron chi connectivity index (χ4n) is 2.14. The highest BCUT2D eigenvalue weighted by molar-refractivity contribution is 14.1. The third-order valence-corrected chi connectivity index (χ3v) is 4.36. The van der Waals surface area contributed by atoms with Crippen LogP contribution in [0.3, 0.4) is 0 Å². The summed E-state index contributed by atoms with van der Waals surface area (Å²) in [6.45, 7) is 7.09. The second-order valence-corrected chi connectivity index (χ2v) is 7.26. The number of carbonyl (C=O) groups is 1. The summed E-state index contributed by atoms with van der Waals surface area (Å²) in [5, 5.41) is 0. The molecule has 0 saturated carbocycles. The standard InChI is InChI=1S/C18H33IO2/c1-16(2)10-9-11-17(3)13-15-21-18(20)12-7-5-4-6-8-14-19/h10,17H,4-9,11-15H2,1-3H3. The second kappa shape index (κ2) is 14.9. The Morgan fingerprint density at radius 2 is 1.76 bits per heavy atom. The minimum absolute atomic E-state index is 0.0135. The maximum atomic E-state index is 11.6. The number of allylic oxidation sites excluding steroid dienone is 2. The summed E-state index contributed by atoms with van der Waals surface area (Å²) in [6, 6.07) is 0. The van der Waals surface area contributed by atoms with Crippen molar-refractivity contribution in [3.63, 3.8) is 0 Å². The van der Waals surface area contributed by atoms with Gasteiger partial charge in [-0.3, -0.25) is 4.79 Å². The van der Waals surface area contributed by atoms with Gasteiger partial charge in [0.2, 0.25) is 0 Å². The largest absolute Gasteiger partial charge is 0.466 e. The van der Waals surface area contributed by atoms with E-state index in [0.29, 0.717) is 18.9 Å². The molecule has 0 aromatic heterocycles. The highest BCUT2D eigenvalue weighted by atomic mass is 127. The van der Waals surface area contributed by atoms with Crippen molar-refractivity contribution in [2.75, 3.05) is 11.0 Å². The molecular weight excluding hydrogens is 375 g/mol. The quantitative estimate of drug-likeness (QED) is 0.121. The van der Waals surface area contributed by atoms with E-state index in [-0.39, 0.29) is 5.97 Å². The Morgan fingerprint density at radius 1 is 1.10 bits per heavy atom. The van der Waals surface area contributed by atoms with Crippen LogP contribution >= 0.6 is 22.6 Å². The number of rotatable bonds is 13. The number of hydrogen-bond donors (Lipinski definition) is 0. The molecule has 0 fully saturated rings. The summed E-state index contributed by atoms with van der Waals surface area (Å²) in [5.74, 6) is 0.613. The van der Waals surface area contributed by atoms with E-state index >= 15 is 0 Å². The topological polar surface area (TPSA) is 26.3 Å². The van der Waals surface area contributed by atoms with Crippen molar-refractivity contribution in [1.82, 2.24) is 0 Å². The zero-order valence-corrected chi connectivity index (χ0v) is 16.3. The Labute approximate surface area is 145 Å². The van der Waals surface area contributed by atoms with Crippen molar-refractivity contribution in [2.24, 2.45) is 5.92 Å². The zero-order chi connectivity index (χ0) is 15.9. The summed E-state index contributed by atoms with van der Waals surface area (Å²) in [6.07, 6.45) is 12.2. The van der Waals surface area contributed by atoms with Gasteiger partial charge in [0.05, 0.1) is 6.61 Å². The summed E-state index contributed by atoms with van der Waals surface area (Å²) < 4.78 is 6.55. The molecule has 0 aliphatic carbocycles. The van der Waals surface area contributed by atoms with Crippen molar-refractivity contribution in [3.05, 3.63) is 11.6 Å². The predicted octanol–water partition coefficient (Wildman–Crippen LogP) is 6.08. The minimum Gasteiger partial charge on any atom is -0.466 e. The number of alkyl halides is 1. The maximum Gasteiger partial charge on any atom is 0.305 e. The molecule has 0 N–H and O–H groups in total. The first-order valence-electron chi connectivity index (χ1n) is 8.41. The molecule has 21 heavy (non-hydrogen) atoms. The van der Waals surface area contributed by atoms with E-state index in [4.69, 9.17) is 4.74 Å². The van der Waals surface area contributed by atoms with Crippen molar-refractivity contribution >= 4 is 28.6 Å². The van der Waals surface area contributed by atoms with E-state index in [9.17, 15) is 4.79 Å². The maximum absolute atomic E-state index is 11.6. The lowest BCUT2D eigenvalue weighted by Gasteiger charge is -2.10. The van der Waals surface area contributed by atoms with Crippen molar-refractivity contribution in [1.29, 1.82) is 0 Å². The van der Waals surface area contributed by atoms with Crippen LogP contribution in [0.4, 0.5) is 0 Å². The van der Waals surface area contributed by atoms with E-state index in [0.717, 1.165) is 25.7 Å². The van der Waals surface area contributed by atoms with Crippen LogP contribution in [0.25, 0.3) is 0 Å². The third-order valence-electron chi connectivity index (χ3n) is 3.60. The van der Waals surface area contributed by atoms with Gasteiger partial charge in [-0.1, -0.05) is 60.4 Å². The second-order valence-electron chi connectivity index (χ2n) is 6.18. The van der Waals surface area contributed by atoms with Crippen molar-refractivity contribution < 1.29 is 9.53 Å². The molecule has 0 rings (SSSR count). The normalized spacial score (nSPS) is 12.0. The average molecular weight is 408 g/mol. The van der Waals surface area contributed by atoms with E-state index < -0.39 is 0 Å². The summed E-state index contributed by atoms with van der Waals surface area (Å²) in [4.78, 5) is 11.6. The lowest BCUT2D eigenvalue weighted by Crippen LogP contribution is -2.08. The molecule has 1 unspecified atom stereocenters. The first kappa shape index (κ1) is 20.9. The zero-order valence-electron chi connectivity index (χ0n) is 14.1. The number of unbranched alkanes of at least 4 members (excludes halogenated alkanes) is 4. The molecule has 0 amide bonds. The van der Waals surface area contributed by atoms with Gasteiger partial charge in [-0.25, -0.2) is 0 Å². The number of halogens is 1.